The van der Waals surface area contributed by atoms with Crippen LogP contribution in [0.25, 0.3) is 0 Å². The molecule has 1 aromatic carbocycles. The maximum atomic E-state index is 11.8. The van der Waals surface area contributed by atoms with Crippen LogP contribution in [0.2, 0.25) is 0 Å². The predicted octanol–water partition coefficient (Wildman–Crippen LogP) is 1.53. The van der Waals surface area contributed by atoms with Crippen molar-refractivity contribution < 1.29 is 4.74 Å². The summed E-state index contributed by atoms with van der Waals surface area (Å²) >= 11 is 0. The number of nitrogen functional groups attached to an aromatic ring is 1. The van der Waals surface area contributed by atoms with Crippen LogP contribution in [-0.4, -0.2) is 15.9 Å². The zero-order chi connectivity index (χ0) is 13.1. The Bertz CT molecular complexity index is 572. The number of aromatic nitrogens is 2. The summed E-state index contributed by atoms with van der Waals surface area (Å²) in [5, 5.41) is 2.83. The lowest BCUT2D eigenvalue weighted by Gasteiger charge is -2.14. The van der Waals surface area contributed by atoms with Crippen molar-refractivity contribution in [2.45, 2.75) is 26.5 Å². The van der Waals surface area contributed by atoms with E-state index < -0.39 is 0 Å². The largest absolute Gasteiger partial charge is 0.489 e. The first-order chi connectivity index (χ1) is 8.58. The van der Waals surface area contributed by atoms with E-state index in [1.165, 1.54) is 4.68 Å². The predicted molar refractivity (Wildman–Crippen MR) is 70.7 cm³/mol. The quantitative estimate of drug-likeness (QED) is 0.860. The highest BCUT2D eigenvalue weighted by Gasteiger charge is 2.11. The van der Waals surface area contributed by atoms with Crippen molar-refractivity contribution in [2.75, 3.05) is 5.73 Å². The molecule has 0 aliphatic rings. The molecule has 0 fully saturated rings. The fourth-order valence-corrected chi connectivity index (χ4v) is 1.75. The molecule has 1 heterocycles. The van der Waals surface area contributed by atoms with Gasteiger partial charge in [-0.15, -0.1) is 0 Å². The van der Waals surface area contributed by atoms with E-state index in [1.807, 2.05) is 37.3 Å². The zero-order valence-electron chi connectivity index (χ0n) is 10.5. The minimum absolute atomic E-state index is 0.101. The van der Waals surface area contributed by atoms with Crippen LogP contribution < -0.4 is 16.0 Å². The van der Waals surface area contributed by atoms with Gasteiger partial charge in [0.15, 0.2) is 0 Å². The highest BCUT2D eigenvalue weighted by molar-refractivity contribution is 5.35. The third-order valence-electron chi connectivity index (χ3n) is 2.75. The molecule has 18 heavy (non-hydrogen) atoms. The maximum Gasteiger partial charge on any atom is 0.271 e. The van der Waals surface area contributed by atoms with Crippen molar-refractivity contribution in [3.8, 4) is 5.75 Å². The molecule has 1 unspecified atom stereocenters. The minimum atomic E-state index is -0.123. The Morgan fingerprint density at radius 3 is 2.61 bits per heavy atom. The second-order valence-electron chi connectivity index (χ2n) is 4.31. The van der Waals surface area contributed by atoms with Crippen LogP contribution in [0.15, 0.2) is 35.1 Å². The van der Waals surface area contributed by atoms with Gasteiger partial charge in [-0.1, -0.05) is 18.2 Å². The van der Waals surface area contributed by atoms with Crippen molar-refractivity contribution in [3.05, 3.63) is 46.2 Å². The van der Waals surface area contributed by atoms with Crippen LogP contribution in [-0.2, 0) is 6.54 Å². The Hall–Kier alpha value is -2.17. The van der Waals surface area contributed by atoms with E-state index in [2.05, 4.69) is 5.10 Å². The van der Waals surface area contributed by atoms with Gasteiger partial charge in [-0.3, -0.25) is 9.89 Å². The third kappa shape index (κ3) is 2.56. The van der Waals surface area contributed by atoms with Crippen LogP contribution in [0.4, 0.5) is 5.82 Å². The van der Waals surface area contributed by atoms with Crippen molar-refractivity contribution >= 4 is 5.82 Å². The normalized spacial score (nSPS) is 12.3. The standard InChI is InChI=1S/C13H17N3O2/c1-9(18-11-6-4-3-5-7-11)8-16-13(17)10(2)12(14)15-16/h3-7,9,15H,8,14H2,1-2H3. The molecule has 5 nitrogen and oxygen atoms in total. The molecule has 0 spiro atoms. The van der Waals surface area contributed by atoms with Crippen LogP contribution in [0.1, 0.15) is 12.5 Å². The number of rotatable bonds is 4. The number of hydrogen-bond acceptors (Lipinski definition) is 3. The van der Waals surface area contributed by atoms with Crippen LogP contribution in [0.5, 0.6) is 5.75 Å². The van der Waals surface area contributed by atoms with Crippen LogP contribution >= 0.6 is 0 Å². The van der Waals surface area contributed by atoms with Gasteiger partial charge in [0.25, 0.3) is 5.56 Å². The Morgan fingerprint density at radius 1 is 1.39 bits per heavy atom. The summed E-state index contributed by atoms with van der Waals surface area (Å²) in [7, 11) is 0. The molecule has 5 heteroatoms. The average Bonchev–Trinajstić information content (AvgIpc) is 2.58. The summed E-state index contributed by atoms with van der Waals surface area (Å²) in [6.45, 7) is 4.05. The molecule has 2 rings (SSSR count). The molecule has 96 valence electrons. The molecular formula is C13H17N3O2. The van der Waals surface area contributed by atoms with Crippen molar-refractivity contribution in [3.63, 3.8) is 0 Å². The molecule has 0 radical (unpaired) electrons. The fourth-order valence-electron chi connectivity index (χ4n) is 1.75. The minimum Gasteiger partial charge on any atom is -0.489 e. The molecule has 0 saturated heterocycles. The summed E-state index contributed by atoms with van der Waals surface area (Å²) in [5.41, 5.74) is 6.10. The van der Waals surface area contributed by atoms with Crippen LogP contribution in [0.3, 0.4) is 0 Å². The number of para-hydroxylation sites is 1. The smallest absolute Gasteiger partial charge is 0.271 e. The number of ether oxygens (including phenoxy) is 1. The summed E-state index contributed by atoms with van der Waals surface area (Å²) in [6.07, 6.45) is -0.123. The highest BCUT2D eigenvalue weighted by Crippen LogP contribution is 2.11. The van der Waals surface area contributed by atoms with Crippen LogP contribution in [0, 0.1) is 6.92 Å². The summed E-state index contributed by atoms with van der Waals surface area (Å²) in [4.78, 5) is 11.8. The Morgan fingerprint density at radius 2 is 2.06 bits per heavy atom. The lowest BCUT2D eigenvalue weighted by atomic mass is 10.3. The lowest BCUT2D eigenvalue weighted by molar-refractivity contribution is 0.192. The first-order valence-electron chi connectivity index (χ1n) is 5.84. The van der Waals surface area contributed by atoms with E-state index in [0.29, 0.717) is 17.9 Å². The van der Waals surface area contributed by atoms with E-state index >= 15 is 0 Å². The maximum absolute atomic E-state index is 11.8. The number of anilines is 1. The monoisotopic (exact) mass is 247 g/mol. The number of hydrogen-bond donors (Lipinski definition) is 2. The Kier molecular flexibility index (Phi) is 3.41. The van der Waals surface area contributed by atoms with Crippen molar-refractivity contribution in [2.24, 2.45) is 0 Å². The van der Waals surface area contributed by atoms with Gasteiger partial charge in [0.2, 0.25) is 0 Å². The molecule has 1 atom stereocenters. The van der Waals surface area contributed by atoms with Gasteiger partial charge in [-0.05, 0) is 26.0 Å². The molecule has 2 aromatic rings. The third-order valence-corrected chi connectivity index (χ3v) is 2.75. The number of benzene rings is 1. The number of nitrogens with zero attached hydrogens (tertiary/aromatic N) is 1. The van der Waals surface area contributed by atoms with Gasteiger partial charge < -0.3 is 10.5 Å². The van der Waals surface area contributed by atoms with Crippen molar-refractivity contribution in [1.82, 2.24) is 9.78 Å². The number of H-pyrrole nitrogens is 1. The van der Waals surface area contributed by atoms with Gasteiger partial charge in [0.05, 0.1) is 12.1 Å². The molecule has 3 N–H and O–H groups in total. The molecule has 0 amide bonds. The number of aromatic amines is 1. The molecule has 1 aromatic heterocycles. The summed E-state index contributed by atoms with van der Waals surface area (Å²) < 4.78 is 7.17. The summed E-state index contributed by atoms with van der Waals surface area (Å²) in [6, 6.07) is 9.51. The van der Waals surface area contributed by atoms with E-state index in [0.717, 1.165) is 5.75 Å². The Balaban J connectivity index is 2.05. The molecule has 0 bridgehead atoms. The lowest BCUT2D eigenvalue weighted by Crippen LogP contribution is -2.27. The SMILES string of the molecule is Cc1c(N)[nH]n(CC(C)Oc2ccccc2)c1=O. The zero-order valence-corrected chi connectivity index (χ0v) is 10.5. The second kappa shape index (κ2) is 5.00. The molecule has 0 aliphatic heterocycles. The second-order valence-corrected chi connectivity index (χ2v) is 4.31. The van der Waals surface area contributed by atoms with Gasteiger partial charge in [-0.25, -0.2) is 4.68 Å². The first-order valence-corrected chi connectivity index (χ1v) is 5.84. The van der Waals surface area contributed by atoms with Crippen molar-refractivity contribution in [1.29, 1.82) is 0 Å². The van der Waals surface area contributed by atoms with Gasteiger partial charge in [0.1, 0.15) is 17.7 Å². The molecular weight excluding hydrogens is 230 g/mol. The van der Waals surface area contributed by atoms with E-state index in [-0.39, 0.29) is 11.7 Å². The van der Waals surface area contributed by atoms with Gasteiger partial charge >= 0.3 is 0 Å². The summed E-state index contributed by atoms with van der Waals surface area (Å²) in [5.74, 6) is 1.20. The van der Waals surface area contributed by atoms with E-state index in [1.54, 1.807) is 6.92 Å². The first kappa shape index (κ1) is 12.3. The van der Waals surface area contributed by atoms with Gasteiger partial charge in [-0.2, -0.15) is 0 Å². The molecule has 0 saturated carbocycles. The van der Waals surface area contributed by atoms with E-state index in [4.69, 9.17) is 10.5 Å². The fraction of sp³-hybridized carbons (Fsp3) is 0.308. The van der Waals surface area contributed by atoms with E-state index in [9.17, 15) is 4.79 Å². The average molecular weight is 247 g/mol. The van der Waals surface area contributed by atoms with Gasteiger partial charge in [0, 0.05) is 0 Å². The highest BCUT2D eigenvalue weighted by atomic mass is 16.5. The molecule has 0 aliphatic carbocycles. The Labute approximate surface area is 105 Å². The topological polar surface area (TPSA) is 73.0 Å². The number of nitrogens with two attached hydrogens (primary N) is 1. The number of nitrogens with one attached hydrogen (secondary N) is 1.